The van der Waals surface area contributed by atoms with E-state index in [4.69, 9.17) is 11.6 Å². The van der Waals surface area contributed by atoms with E-state index in [-0.39, 0.29) is 4.90 Å². The lowest BCUT2D eigenvalue weighted by Crippen LogP contribution is -2.09. The first-order valence-corrected chi connectivity index (χ1v) is 5.41. The molecule has 0 aromatic heterocycles. The van der Waals surface area contributed by atoms with Gasteiger partial charge in [-0.15, -0.1) is 0 Å². The molecule has 0 aliphatic carbocycles. The number of halogens is 1. The third-order valence-corrected chi connectivity index (χ3v) is 2.88. The zero-order chi connectivity index (χ0) is 10.8. The van der Waals surface area contributed by atoms with E-state index >= 15 is 0 Å². The fourth-order valence-electron chi connectivity index (χ4n) is 0.804. The van der Waals surface area contributed by atoms with Gasteiger partial charge in [0.2, 0.25) is 0 Å². The van der Waals surface area contributed by atoms with E-state index in [9.17, 15) is 13.2 Å². The van der Waals surface area contributed by atoms with Crippen molar-refractivity contribution in [3.8, 4) is 0 Å². The largest absolute Gasteiger partial charge is 0.343 e. The molecule has 0 aliphatic rings. The second-order valence-electron chi connectivity index (χ2n) is 2.48. The highest BCUT2D eigenvalue weighted by molar-refractivity contribution is 7.87. The van der Waals surface area contributed by atoms with Gasteiger partial charge in [-0.05, 0) is 24.3 Å². The van der Waals surface area contributed by atoms with E-state index in [1.807, 2.05) is 0 Å². The summed E-state index contributed by atoms with van der Waals surface area (Å²) in [6, 6.07) is 5.33. The van der Waals surface area contributed by atoms with Gasteiger partial charge >= 0.3 is 16.1 Å². The lowest BCUT2D eigenvalue weighted by Gasteiger charge is -2.02. The summed E-state index contributed by atoms with van der Waals surface area (Å²) in [7, 11) is -3.98. The summed E-state index contributed by atoms with van der Waals surface area (Å²) in [5, 5.41) is 0.409. The minimum absolute atomic E-state index is 0.0999. The molecular formula is C8H7ClO4S. The van der Waals surface area contributed by atoms with Crippen LogP contribution in [0.3, 0.4) is 0 Å². The number of hydrogen-bond donors (Lipinski definition) is 0. The predicted octanol–water partition coefficient (Wildman–Crippen LogP) is 1.59. The van der Waals surface area contributed by atoms with Crippen LogP contribution in [0.1, 0.15) is 6.92 Å². The van der Waals surface area contributed by atoms with Crippen molar-refractivity contribution in [2.24, 2.45) is 0 Å². The Balaban J connectivity index is 3.05. The molecule has 0 heterocycles. The Kier molecular flexibility index (Phi) is 3.13. The van der Waals surface area contributed by atoms with E-state index in [2.05, 4.69) is 4.18 Å². The SMILES string of the molecule is CC(=O)OS(=O)(=O)c1ccc(Cl)cc1. The average Bonchev–Trinajstić information content (AvgIpc) is 2.02. The summed E-state index contributed by atoms with van der Waals surface area (Å²) < 4.78 is 26.7. The fraction of sp³-hybridized carbons (Fsp3) is 0.125. The minimum Gasteiger partial charge on any atom is -0.343 e. The molecule has 0 bridgehead atoms. The van der Waals surface area contributed by atoms with Gasteiger partial charge in [0.15, 0.2) is 0 Å². The summed E-state index contributed by atoms with van der Waals surface area (Å²) in [6.07, 6.45) is 0. The molecule has 1 aromatic carbocycles. The summed E-state index contributed by atoms with van der Waals surface area (Å²) in [4.78, 5) is 10.4. The van der Waals surface area contributed by atoms with E-state index in [0.29, 0.717) is 5.02 Å². The van der Waals surface area contributed by atoms with E-state index in [1.54, 1.807) is 0 Å². The molecule has 0 radical (unpaired) electrons. The first-order chi connectivity index (χ1) is 6.42. The van der Waals surface area contributed by atoms with Crippen LogP contribution in [0, 0.1) is 0 Å². The molecule has 0 saturated carbocycles. The number of benzene rings is 1. The predicted molar refractivity (Wildman–Crippen MR) is 50.4 cm³/mol. The minimum atomic E-state index is -3.98. The smallest absolute Gasteiger partial charge is 0.341 e. The fourth-order valence-corrected chi connectivity index (χ4v) is 1.80. The van der Waals surface area contributed by atoms with Crippen molar-refractivity contribution in [3.63, 3.8) is 0 Å². The first-order valence-electron chi connectivity index (χ1n) is 3.62. The van der Waals surface area contributed by atoms with Crippen LogP contribution in [0.25, 0.3) is 0 Å². The Labute approximate surface area is 86.6 Å². The van der Waals surface area contributed by atoms with Crippen LogP contribution in [0.2, 0.25) is 5.02 Å². The molecule has 4 nitrogen and oxygen atoms in total. The van der Waals surface area contributed by atoms with Gasteiger partial charge in [0, 0.05) is 11.9 Å². The van der Waals surface area contributed by atoms with Crippen molar-refractivity contribution in [2.45, 2.75) is 11.8 Å². The van der Waals surface area contributed by atoms with Crippen molar-refractivity contribution in [1.82, 2.24) is 0 Å². The zero-order valence-electron chi connectivity index (χ0n) is 7.23. The van der Waals surface area contributed by atoms with Crippen molar-refractivity contribution in [1.29, 1.82) is 0 Å². The number of carbonyl (C=O) groups excluding carboxylic acids is 1. The molecule has 0 N–H and O–H groups in total. The highest BCUT2D eigenvalue weighted by Crippen LogP contribution is 2.15. The van der Waals surface area contributed by atoms with Crippen LogP contribution < -0.4 is 0 Å². The van der Waals surface area contributed by atoms with Crippen molar-refractivity contribution in [3.05, 3.63) is 29.3 Å². The van der Waals surface area contributed by atoms with E-state index < -0.39 is 16.1 Å². The van der Waals surface area contributed by atoms with Gasteiger partial charge in [-0.3, -0.25) is 4.79 Å². The Hall–Kier alpha value is -1.07. The molecule has 6 heteroatoms. The summed E-state index contributed by atoms with van der Waals surface area (Å²) in [5.41, 5.74) is 0. The third-order valence-electron chi connectivity index (χ3n) is 1.33. The van der Waals surface area contributed by atoms with Gasteiger partial charge < -0.3 is 4.18 Å². The second-order valence-corrected chi connectivity index (χ2v) is 4.47. The van der Waals surface area contributed by atoms with E-state index in [1.165, 1.54) is 24.3 Å². The highest BCUT2D eigenvalue weighted by atomic mass is 35.5. The third kappa shape index (κ3) is 2.71. The van der Waals surface area contributed by atoms with Gasteiger partial charge in [0.1, 0.15) is 4.90 Å². The van der Waals surface area contributed by atoms with Gasteiger partial charge in [-0.25, -0.2) is 0 Å². The van der Waals surface area contributed by atoms with Gasteiger partial charge in [-0.1, -0.05) is 11.6 Å². The molecule has 1 aromatic rings. The van der Waals surface area contributed by atoms with Crippen molar-refractivity contribution in [2.75, 3.05) is 0 Å². The normalized spacial score (nSPS) is 11.0. The van der Waals surface area contributed by atoms with Crippen molar-refractivity contribution < 1.29 is 17.4 Å². The molecule has 0 amide bonds. The van der Waals surface area contributed by atoms with Gasteiger partial charge in [0.05, 0.1) is 0 Å². The van der Waals surface area contributed by atoms with Crippen LogP contribution >= 0.6 is 11.6 Å². The van der Waals surface area contributed by atoms with E-state index in [0.717, 1.165) is 6.92 Å². The summed E-state index contributed by atoms with van der Waals surface area (Å²) in [5.74, 6) is -0.875. The molecule has 0 fully saturated rings. The van der Waals surface area contributed by atoms with Gasteiger partial charge in [-0.2, -0.15) is 8.42 Å². The molecular weight excluding hydrogens is 228 g/mol. The maximum absolute atomic E-state index is 11.3. The number of rotatable bonds is 2. The monoisotopic (exact) mass is 234 g/mol. The quantitative estimate of drug-likeness (QED) is 0.729. The molecule has 76 valence electrons. The maximum Gasteiger partial charge on any atom is 0.341 e. The second kappa shape index (κ2) is 3.98. The summed E-state index contributed by atoms with van der Waals surface area (Å²) >= 11 is 5.56. The Morgan fingerprint density at radius 2 is 1.79 bits per heavy atom. The first kappa shape index (κ1) is 11.0. The average molecular weight is 235 g/mol. The lowest BCUT2D eigenvalue weighted by atomic mass is 10.4. The molecule has 0 spiro atoms. The van der Waals surface area contributed by atoms with Crippen LogP contribution in [-0.4, -0.2) is 14.4 Å². The van der Waals surface area contributed by atoms with Crippen molar-refractivity contribution >= 4 is 27.7 Å². The van der Waals surface area contributed by atoms with Crippen LogP contribution in [-0.2, 0) is 19.1 Å². The highest BCUT2D eigenvalue weighted by Gasteiger charge is 2.17. The van der Waals surface area contributed by atoms with Crippen LogP contribution in [0.15, 0.2) is 29.2 Å². The Morgan fingerprint density at radius 3 is 2.21 bits per heavy atom. The number of hydrogen-bond acceptors (Lipinski definition) is 4. The van der Waals surface area contributed by atoms with Crippen LogP contribution in [0.5, 0.6) is 0 Å². The topological polar surface area (TPSA) is 60.4 Å². The molecule has 0 unspecified atom stereocenters. The standard InChI is InChI=1S/C8H7ClO4S/c1-6(10)13-14(11,12)8-4-2-7(9)3-5-8/h2-5H,1H3. The maximum atomic E-state index is 11.3. The number of carbonyl (C=O) groups is 1. The van der Waals surface area contributed by atoms with Crippen LogP contribution in [0.4, 0.5) is 0 Å². The molecule has 1 rings (SSSR count). The van der Waals surface area contributed by atoms with Gasteiger partial charge in [0.25, 0.3) is 0 Å². The molecule has 14 heavy (non-hydrogen) atoms. The molecule has 0 aliphatic heterocycles. The summed E-state index contributed by atoms with van der Waals surface area (Å²) in [6.45, 7) is 1.02. The Morgan fingerprint density at radius 1 is 1.29 bits per heavy atom. The Bertz CT molecular complexity index is 435. The lowest BCUT2D eigenvalue weighted by molar-refractivity contribution is -0.131. The molecule has 0 saturated heterocycles. The molecule has 0 atom stereocenters. The zero-order valence-corrected chi connectivity index (χ0v) is 8.80.